The van der Waals surface area contributed by atoms with Crippen LogP contribution in [-0.2, 0) is 4.74 Å². The largest absolute Gasteiger partial charge is 0.379 e. The number of rotatable bonds is 5. The second-order valence-electron chi connectivity index (χ2n) is 8.43. The molecule has 0 aliphatic carbocycles. The van der Waals surface area contributed by atoms with Crippen molar-refractivity contribution in [3.63, 3.8) is 0 Å². The highest BCUT2D eigenvalue weighted by molar-refractivity contribution is 5.80. The normalized spacial score (nSPS) is 24.2. The van der Waals surface area contributed by atoms with Crippen LogP contribution in [0.15, 0.2) is 48.0 Å². The Balaban J connectivity index is 1.45. The summed E-state index contributed by atoms with van der Waals surface area (Å²) in [6.45, 7) is 8.08. The number of likely N-dealkylation sites (tertiary alicyclic amines) is 1. The van der Waals surface area contributed by atoms with E-state index in [4.69, 9.17) is 4.74 Å². The number of guanidine groups is 1. The Morgan fingerprint density at radius 2 is 2.03 bits per heavy atom. The van der Waals surface area contributed by atoms with Crippen molar-refractivity contribution < 1.29 is 9.13 Å². The number of hydrogen-bond acceptors (Lipinski definition) is 4. The standard InChI is InChI=1S/C23H33FN6O/c1-18-7-9-29(16-22(18)30-10-8-26-17-30)23(25-2)27-15-21(28-11-13-31-14-12-28)19-3-5-20(24)6-4-19/h3-6,8,10,17-18,21-22H,7,9,11-16H2,1-2H3,(H,25,27). The number of hydrogen-bond donors (Lipinski definition) is 1. The average molecular weight is 429 g/mol. The van der Waals surface area contributed by atoms with E-state index in [0.717, 1.165) is 57.3 Å². The van der Waals surface area contributed by atoms with Crippen molar-refractivity contribution in [3.05, 3.63) is 54.4 Å². The van der Waals surface area contributed by atoms with E-state index in [2.05, 4.69) is 36.6 Å². The van der Waals surface area contributed by atoms with E-state index < -0.39 is 0 Å². The molecule has 3 heterocycles. The summed E-state index contributed by atoms with van der Waals surface area (Å²) in [6.07, 6.45) is 6.90. The van der Waals surface area contributed by atoms with Gasteiger partial charge in [0.05, 0.1) is 31.6 Å². The first-order valence-electron chi connectivity index (χ1n) is 11.2. The van der Waals surface area contributed by atoms with Gasteiger partial charge in [-0.25, -0.2) is 9.37 Å². The van der Waals surface area contributed by atoms with Crippen LogP contribution in [0.2, 0.25) is 0 Å². The number of ether oxygens (including phenoxy) is 1. The van der Waals surface area contributed by atoms with Crippen LogP contribution in [0.4, 0.5) is 4.39 Å². The minimum Gasteiger partial charge on any atom is -0.379 e. The summed E-state index contributed by atoms with van der Waals surface area (Å²) >= 11 is 0. The summed E-state index contributed by atoms with van der Waals surface area (Å²) in [5.74, 6) is 1.29. The molecule has 0 spiro atoms. The van der Waals surface area contributed by atoms with Gasteiger partial charge in [0.15, 0.2) is 5.96 Å². The third-order valence-corrected chi connectivity index (χ3v) is 6.53. The molecule has 2 aromatic rings. The Kier molecular flexibility index (Phi) is 7.19. The summed E-state index contributed by atoms with van der Waals surface area (Å²) in [5, 5.41) is 3.61. The Hall–Kier alpha value is -2.45. The summed E-state index contributed by atoms with van der Waals surface area (Å²) in [5.41, 5.74) is 1.11. The summed E-state index contributed by atoms with van der Waals surface area (Å²) in [7, 11) is 1.84. The Bertz CT molecular complexity index is 834. The number of benzene rings is 1. The predicted molar refractivity (Wildman–Crippen MR) is 120 cm³/mol. The second-order valence-corrected chi connectivity index (χ2v) is 8.43. The van der Waals surface area contributed by atoms with Gasteiger partial charge in [-0.15, -0.1) is 0 Å². The van der Waals surface area contributed by atoms with Crippen molar-refractivity contribution in [3.8, 4) is 0 Å². The van der Waals surface area contributed by atoms with E-state index >= 15 is 0 Å². The van der Waals surface area contributed by atoms with Gasteiger partial charge in [-0.3, -0.25) is 9.89 Å². The first-order valence-corrected chi connectivity index (χ1v) is 11.2. The average Bonchev–Trinajstić information content (AvgIpc) is 3.34. The maximum Gasteiger partial charge on any atom is 0.193 e. The SMILES string of the molecule is CN=C(NCC(c1ccc(F)cc1)N1CCOCC1)N1CCC(C)C(n2ccnc2)C1. The number of nitrogens with zero attached hydrogens (tertiary/aromatic N) is 5. The molecule has 4 rings (SSSR count). The quantitative estimate of drug-likeness (QED) is 0.586. The highest BCUT2D eigenvalue weighted by Gasteiger charge is 2.30. The zero-order valence-electron chi connectivity index (χ0n) is 18.5. The van der Waals surface area contributed by atoms with Gasteiger partial charge in [0.25, 0.3) is 0 Å². The molecule has 7 nitrogen and oxygen atoms in total. The Morgan fingerprint density at radius 1 is 1.26 bits per heavy atom. The van der Waals surface area contributed by atoms with Crippen molar-refractivity contribution in [1.82, 2.24) is 24.7 Å². The lowest BCUT2D eigenvalue weighted by Gasteiger charge is -2.40. The van der Waals surface area contributed by atoms with Crippen LogP contribution in [0.1, 0.15) is 31.0 Å². The van der Waals surface area contributed by atoms with E-state index in [1.165, 1.54) is 0 Å². The highest BCUT2D eigenvalue weighted by atomic mass is 19.1. The molecular formula is C23H33FN6O. The van der Waals surface area contributed by atoms with Crippen molar-refractivity contribution >= 4 is 5.96 Å². The molecule has 2 aliphatic rings. The Morgan fingerprint density at radius 3 is 2.71 bits per heavy atom. The first kappa shape index (κ1) is 21.8. The fraction of sp³-hybridized carbons (Fsp3) is 0.565. The van der Waals surface area contributed by atoms with E-state index in [1.54, 1.807) is 12.1 Å². The molecule has 0 radical (unpaired) electrons. The minimum absolute atomic E-state index is 0.134. The van der Waals surface area contributed by atoms with Gasteiger partial charge in [0, 0.05) is 52.2 Å². The maximum atomic E-state index is 13.5. The fourth-order valence-corrected chi connectivity index (χ4v) is 4.65. The van der Waals surface area contributed by atoms with Crippen LogP contribution in [0.25, 0.3) is 0 Å². The first-order chi connectivity index (χ1) is 15.2. The summed E-state index contributed by atoms with van der Waals surface area (Å²) in [4.78, 5) is 13.6. The lowest BCUT2D eigenvalue weighted by atomic mass is 9.93. The van der Waals surface area contributed by atoms with E-state index in [9.17, 15) is 4.39 Å². The molecule has 3 atom stereocenters. The molecule has 0 saturated carbocycles. The van der Waals surface area contributed by atoms with Gasteiger partial charge in [0.1, 0.15) is 5.82 Å². The number of morpholine rings is 1. The van der Waals surface area contributed by atoms with Crippen molar-refractivity contribution in [2.45, 2.75) is 25.4 Å². The number of halogens is 1. The molecule has 1 aromatic heterocycles. The molecule has 3 unspecified atom stereocenters. The molecule has 2 saturated heterocycles. The molecule has 1 N–H and O–H groups in total. The number of aromatic nitrogens is 2. The number of nitrogens with one attached hydrogen (secondary N) is 1. The predicted octanol–water partition coefficient (Wildman–Crippen LogP) is 2.55. The molecule has 2 aliphatic heterocycles. The van der Waals surface area contributed by atoms with E-state index in [1.807, 2.05) is 37.9 Å². The minimum atomic E-state index is -0.207. The lowest BCUT2D eigenvalue weighted by Crippen LogP contribution is -2.51. The zero-order valence-corrected chi connectivity index (χ0v) is 18.5. The van der Waals surface area contributed by atoms with Gasteiger partial charge in [0.2, 0.25) is 0 Å². The Labute approximate surface area is 183 Å². The van der Waals surface area contributed by atoms with Crippen LogP contribution in [-0.4, -0.2) is 78.3 Å². The zero-order chi connectivity index (χ0) is 21.6. The molecule has 0 bridgehead atoms. The van der Waals surface area contributed by atoms with E-state index in [-0.39, 0.29) is 11.9 Å². The fourth-order valence-electron chi connectivity index (χ4n) is 4.65. The number of imidazole rings is 1. The van der Waals surface area contributed by atoms with Gasteiger partial charge in [-0.2, -0.15) is 0 Å². The third-order valence-electron chi connectivity index (χ3n) is 6.53. The molecule has 1 aromatic carbocycles. The van der Waals surface area contributed by atoms with Crippen molar-refractivity contribution in [2.24, 2.45) is 10.9 Å². The molecule has 0 amide bonds. The van der Waals surface area contributed by atoms with Crippen LogP contribution >= 0.6 is 0 Å². The number of piperidine rings is 1. The van der Waals surface area contributed by atoms with Crippen molar-refractivity contribution in [2.75, 3.05) is 53.0 Å². The van der Waals surface area contributed by atoms with Crippen LogP contribution in [0, 0.1) is 11.7 Å². The van der Waals surface area contributed by atoms with Crippen LogP contribution in [0.3, 0.4) is 0 Å². The van der Waals surface area contributed by atoms with Crippen LogP contribution in [0.5, 0.6) is 0 Å². The lowest BCUT2D eigenvalue weighted by molar-refractivity contribution is 0.0168. The summed E-state index contributed by atoms with van der Waals surface area (Å²) < 4.78 is 21.3. The van der Waals surface area contributed by atoms with Gasteiger partial charge in [-0.05, 0) is 30.0 Å². The highest BCUT2D eigenvalue weighted by Crippen LogP contribution is 2.28. The third kappa shape index (κ3) is 5.25. The van der Waals surface area contributed by atoms with Crippen LogP contribution < -0.4 is 5.32 Å². The van der Waals surface area contributed by atoms with Crippen molar-refractivity contribution in [1.29, 1.82) is 0 Å². The number of aliphatic imine (C=N–C) groups is 1. The molecule has 2 fully saturated rings. The molecule has 31 heavy (non-hydrogen) atoms. The molecule has 168 valence electrons. The summed E-state index contributed by atoms with van der Waals surface area (Å²) in [6, 6.07) is 7.37. The van der Waals surface area contributed by atoms with Gasteiger partial charge in [-0.1, -0.05) is 19.1 Å². The second kappa shape index (κ2) is 10.2. The van der Waals surface area contributed by atoms with E-state index in [0.29, 0.717) is 18.5 Å². The van der Waals surface area contributed by atoms with Gasteiger partial charge < -0.3 is 19.5 Å². The topological polar surface area (TPSA) is 57.9 Å². The maximum absolute atomic E-state index is 13.5. The molecule has 8 heteroatoms. The smallest absolute Gasteiger partial charge is 0.193 e. The monoisotopic (exact) mass is 428 g/mol. The molecular weight excluding hydrogens is 395 g/mol. The van der Waals surface area contributed by atoms with Gasteiger partial charge >= 0.3 is 0 Å².